The van der Waals surface area contributed by atoms with Crippen molar-refractivity contribution in [3.05, 3.63) is 0 Å². The highest BCUT2D eigenvalue weighted by molar-refractivity contribution is 5.11. The Morgan fingerprint density at radius 2 is 1.75 bits per heavy atom. The first-order valence-electron chi connectivity index (χ1n) is 11.3. The van der Waals surface area contributed by atoms with Gasteiger partial charge < -0.3 is 14.6 Å². The molecule has 5 nitrogen and oxygen atoms in total. The largest absolute Gasteiger partial charge is 0.389 e. The van der Waals surface area contributed by atoms with Crippen LogP contribution in [0, 0.1) is 22.7 Å². The molecule has 0 aromatic rings. The molecule has 0 radical (unpaired) electrons. The maximum atomic E-state index is 12.1. The summed E-state index contributed by atoms with van der Waals surface area (Å²) in [6.07, 6.45) is 8.20. The zero-order valence-electron chi connectivity index (χ0n) is 18.6. The van der Waals surface area contributed by atoms with E-state index >= 15 is 0 Å². The van der Waals surface area contributed by atoms with Gasteiger partial charge in [0.15, 0.2) is 6.29 Å². The minimum atomic E-state index is -0.728. The molecule has 3 unspecified atom stereocenters. The first-order chi connectivity index (χ1) is 13.1. The third kappa shape index (κ3) is 4.02. The molecule has 3 aliphatic rings. The Hall–Kier alpha value is -0.200. The molecule has 1 heterocycles. The summed E-state index contributed by atoms with van der Waals surface area (Å²) in [6.45, 7) is 12.5. The molecular weight excluding hydrogens is 356 g/mol. The molecule has 3 fully saturated rings. The van der Waals surface area contributed by atoms with Gasteiger partial charge in [-0.25, -0.2) is 4.89 Å². The minimum absolute atomic E-state index is 0.0829. The second-order valence-electron chi connectivity index (χ2n) is 11.0. The fourth-order valence-corrected chi connectivity index (χ4v) is 6.77. The summed E-state index contributed by atoms with van der Waals surface area (Å²) < 4.78 is 11.0. The van der Waals surface area contributed by atoms with Gasteiger partial charge in [-0.05, 0) is 74.5 Å². The highest BCUT2D eigenvalue weighted by atomic mass is 17.1. The Kier molecular flexibility index (Phi) is 6.54. The average Bonchev–Trinajstić information content (AvgIpc) is 3.16. The minimum Gasteiger partial charge on any atom is -0.389 e. The summed E-state index contributed by atoms with van der Waals surface area (Å²) in [4.78, 5) is 4.96. The van der Waals surface area contributed by atoms with Gasteiger partial charge in [0.1, 0.15) is 5.60 Å². The maximum Gasteiger partial charge on any atom is 0.157 e. The van der Waals surface area contributed by atoms with Crippen molar-refractivity contribution in [1.29, 1.82) is 0 Å². The van der Waals surface area contributed by atoms with Crippen LogP contribution in [0.5, 0.6) is 0 Å². The first kappa shape index (κ1) is 22.5. The fraction of sp³-hybridized carbons (Fsp3) is 1.00. The number of ether oxygens (including phenoxy) is 2. The van der Waals surface area contributed by atoms with E-state index in [1.54, 1.807) is 0 Å². The number of hydrogen-bond donors (Lipinski definition) is 2. The molecule has 0 spiro atoms. The molecule has 28 heavy (non-hydrogen) atoms. The molecule has 5 atom stereocenters. The van der Waals surface area contributed by atoms with E-state index in [9.17, 15) is 10.4 Å². The second-order valence-corrected chi connectivity index (χ2v) is 11.0. The van der Waals surface area contributed by atoms with Crippen molar-refractivity contribution in [2.45, 2.75) is 110 Å². The van der Waals surface area contributed by atoms with Crippen LogP contribution in [-0.2, 0) is 14.4 Å². The highest BCUT2D eigenvalue weighted by Crippen LogP contribution is 2.63. The Morgan fingerprint density at radius 3 is 2.39 bits per heavy atom. The summed E-state index contributed by atoms with van der Waals surface area (Å²) in [6, 6.07) is 0. The Balaban J connectivity index is 1.72. The molecule has 164 valence electrons. The third-order valence-corrected chi connectivity index (χ3v) is 8.78. The van der Waals surface area contributed by atoms with Crippen molar-refractivity contribution in [2.75, 3.05) is 13.2 Å². The van der Waals surface area contributed by atoms with E-state index in [1.807, 2.05) is 6.92 Å². The lowest BCUT2D eigenvalue weighted by atomic mass is 9.44. The maximum absolute atomic E-state index is 12.1. The normalized spacial score (nSPS) is 40.8. The highest BCUT2D eigenvalue weighted by Gasteiger charge is 2.61. The van der Waals surface area contributed by atoms with Crippen LogP contribution in [0.1, 0.15) is 92.4 Å². The van der Waals surface area contributed by atoms with E-state index in [2.05, 4.69) is 27.7 Å². The molecule has 0 aromatic heterocycles. The van der Waals surface area contributed by atoms with Gasteiger partial charge in [-0.1, -0.05) is 34.1 Å². The van der Waals surface area contributed by atoms with E-state index in [0.29, 0.717) is 44.8 Å². The van der Waals surface area contributed by atoms with Gasteiger partial charge in [0.25, 0.3) is 0 Å². The Labute approximate surface area is 171 Å². The molecule has 0 bridgehead atoms. The van der Waals surface area contributed by atoms with Gasteiger partial charge >= 0.3 is 0 Å². The Morgan fingerprint density at radius 1 is 1.07 bits per heavy atom. The van der Waals surface area contributed by atoms with Crippen LogP contribution in [0.25, 0.3) is 0 Å². The second kappa shape index (κ2) is 8.14. The van der Waals surface area contributed by atoms with Gasteiger partial charge in [0.05, 0.1) is 18.8 Å². The molecule has 1 saturated heterocycles. The lowest BCUT2D eigenvalue weighted by molar-refractivity contribution is -0.327. The molecule has 0 amide bonds. The standard InChI is InChI=1S/C23H42O5/c1-17-7-8-18-20(2,3)10-6-11-22(18,5)23(17,24)14-13-21(4,28-25)12-9-19-26-15-16-27-19/h17-19,24-25H,6-16H2,1-5H3/t17?,18?,21?,22-,23+/m0/s1. The van der Waals surface area contributed by atoms with Crippen LogP contribution in [0.3, 0.4) is 0 Å². The summed E-state index contributed by atoms with van der Waals surface area (Å²) in [5.74, 6) is 0.795. The molecule has 3 rings (SSSR count). The molecule has 5 heteroatoms. The Bertz CT molecular complexity index is 531. The van der Waals surface area contributed by atoms with Crippen LogP contribution in [-0.4, -0.2) is 41.1 Å². The van der Waals surface area contributed by atoms with Crippen molar-refractivity contribution >= 4 is 0 Å². The molecule has 0 aromatic carbocycles. The van der Waals surface area contributed by atoms with E-state index in [4.69, 9.17) is 14.4 Å². The van der Waals surface area contributed by atoms with Crippen LogP contribution in [0.2, 0.25) is 0 Å². The number of rotatable bonds is 7. The topological polar surface area (TPSA) is 68.2 Å². The van der Waals surface area contributed by atoms with Crippen LogP contribution in [0.4, 0.5) is 0 Å². The third-order valence-electron chi connectivity index (χ3n) is 8.78. The van der Waals surface area contributed by atoms with Crippen molar-refractivity contribution in [3.63, 3.8) is 0 Å². The summed E-state index contributed by atoms with van der Waals surface area (Å²) >= 11 is 0. The van der Waals surface area contributed by atoms with E-state index < -0.39 is 11.2 Å². The van der Waals surface area contributed by atoms with Gasteiger partial charge in [0, 0.05) is 6.42 Å². The van der Waals surface area contributed by atoms with Gasteiger partial charge in [-0.3, -0.25) is 5.26 Å². The molecule has 2 saturated carbocycles. The quantitative estimate of drug-likeness (QED) is 0.458. The summed E-state index contributed by atoms with van der Waals surface area (Å²) in [5, 5.41) is 21.7. The lowest BCUT2D eigenvalue weighted by Crippen LogP contribution is -2.62. The number of hydrogen-bond acceptors (Lipinski definition) is 5. The molecule has 2 N–H and O–H groups in total. The fourth-order valence-electron chi connectivity index (χ4n) is 6.77. The van der Waals surface area contributed by atoms with E-state index in [1.165, 1.54) is 19.3 Å². The van der Waals surface area contributed by atoms with Gasteiger partial charge in [0.2, 0.25) is 0 Å². The average molecular weight is 399 g/mol. The van der Waals surface area contributed by atoms with Crippen molar-refractivity contribution < 1.29 is 24.7 Å². The van der Waals surface area contributed by atoms with Crippen molar-refractivity contribution in [3.8, 4) is 0 Å². The summed E-state index contributed by atoms with van der Waals surface area (Å²) in [7, 11) is 0. The predicted molar refractivity (Wildman–Crippen MR) is 109 cm³/mol. The van der Waals surface area contributed by atoms with Crippen LogP contribution in [0.15, 0.2) is 0 Å². The number of fused-ring (bicyclic) bond motifs is 1. The van der Waals surface area contributed by atoms with Crippen LogP contribution < -0.4 is 0 Å². The first-order valence-corrected chi connectivity index (χ1v) is 11.3. The van der Waals surface area contributed by atoms with Crippen LogP contribution >= 0.6 is 0 Å². The van der Waals surface area contributed by atoms with E-state index in [-0.39, 0.29) is 23.0 Å². The number of aliphatic hydroxyl groups is 1. The van der Waals surface area contributed by atoms with Gasteiger partial charge in [-0.15, -0.1) is 0 Å². The molecule has 1 aliphatic heterocycles. The lowest BCUT2D eigenvalue weighted by Gasteiger charge is -2.63. The molecule has 2 aliphatic carbocycles. The van der Waals surface area contributed by atoms with Crippen molar-refractivity contribution in [1.82, 2.24) is 0 Å². The predicted octanol–water partition coefficient (Wildman–Crippen LogP) is 5.16. The monoisotopic (exact) mass is 398 g/mol. The zero-order valence-corrected chi connectivity index (χ0v) is 18.6. The SMILES string of the molecule is CC1CCC2C(C)(C)CCC[C@]2(C)[C@@]1(O)CCC(C)(CCC1OCCO1)OO. The molecular formula is C23H42O5. The van der Waals surface area contributed by atoms with E-state index in [0.717, 1.165) is 12.8 Å². The zero-order chi connectivity index (χ0) is 20.6. The van der Waals surface area contributed by atoms with Crippen molar-refractivity contribution in [2.24, 2.45) is 22.7 Å². The summed E-state index contributed by atoms with van der Waals surface area (Å²) in [5.41, 5.74) is -1.23. The smallest absolute Gasteiger partial charge is 0.157 e. The van der Waals surface area contributed by atoms with Gasteiger partial charge in [-0.2, -0.15) is 0 Å².